The standard InChI is InChI=1S/C25H20Cl2N4O2S/c26-20-10-5-11-21(27)23(20)24-29-19(15-34-24)13-22(32)28-14-16-6-4-9-18(12-16)31-25(33)30-17-7-2-1-3-8-17/h1-12,15H,13-14H2,(H,28,32)(H2,30,31,33). The SMILES string of the molecule is O=C(Cc1csc(-c2c(Cl)cccc2Cl)n1)NCc1cccc(NC(=O)Nc2ccccc2)c1. The number of amides is 3. The second kappa shape index (κ2) is 11.2. The Morgan fingerprint density at radius 1 is 0.853 bits per heavy atom. The number of hydrogen-bond donors (Lipinski definition) is 3. The Morgan fingerprint density at radius 2 is 1.53 bits per heavy atom. The Morgan fingerprint density at radius 3 is 2.29 bits per heavy atom. The lowest BCUT2D eigenvalue weighted by Gasteiger charge is -2.10. The molecule has 0 fully saturated rings. The van der Waals surface area contributed by atoms with Crippen LogP contribution in [0.5, 0.6) is 0 Å². The zero-order chi connectivity index (χ0) is 23.9. The van der Waals surface area contributed by atoms with Crippen molar-refractivity contribution in [1.29, 1.82) is 0 Å². The van der Waals surface area contributed by atoms with Gasteiger partial charge in [0.1, 0.15) is 5.01 Å². The first-order valence-corrected chi connectivity index (χ1v) is 12.0. The van der Waals surface area contributed by atoms with Crippen LogP contribution in [-0.2, 0) is 17.8 Å². The van der Waals surface area contributed by atoms with Crippen molar-refractivity contribution in [3.63, 3.8) is 0 Å². The highest BCUT2D eigenvalue weighted by atomic mass is 35.5. The second-order valence-corrected chi connectivity index (χ2v) is 9.01. The quantitative estimate of drug-likeness (QED) is 0.261. The predicted octanol–water partition coefficient (Wildman–Crippen LogP) is 6.62. The van der Waals surface area contributed by atoms with Gasteiger partial charge in [0.05, 0.1) is 22.2 Å². The lowest BCUT2D eigenvalue weighted by atomic mass is 10.2. The summed E-state index contributed by atoms with van der Waals surface area (Å²) in [4.78, 5) is 29.2. The van der Waals surface area contributed by atoms with Crippen LogP contribution in [-0.4, -0.2) is 16.9 Å². The number of aromatic nitrogens is 1. The molecule has 0 saturated carbocycles. The maximum Gasteiger partial charge on any atom is 0.323 e. The number of thiazole rings is 1. The third-order valence-electron chi connectivity index (χ3n) is 4.78. The number of nitrogens with one attached hydrogen (secondary N) is 3. The van der Waals surface area contributed by atoms with Gasteiger partial charge in [0.25, 0.3) is 0 Å². The van der Waals surface area contributed by atoms with E-state index in [-0.39, 0.29) is 18.4 Å². The molecule has 0 atom stereocenters. The number of halogens is 2. The van der Waals surface area contributed by atoms with Gasteiger partial charge in [0, 0.05) is 28.9 Å². The van der Waals surface area contributed by atoms with Crippen molar-refractivity contribution < 1.29 is 9.59 Å². The van der Waals surface area contributed by atoms with Gasteiger partial charge in [-0.15, -0.1) is 11.3 Å². The van der Waals surface area contributed by atoms with Crippen LogP contribution < -0.4 is 16.0 Å². The molecule has 4 aromatic rings. The fraction of sp³-hybridized carbons (Fsp3) is 0.0800. The zero-order valence-electron chi connectivity index (χ0n) is 17.8. The Balaban J connectivity index is 1.31. The van der Waals surface area contributed by atoms with E-state index in [9.17, 15) is 9.59 Å². The third-order valence-corrected chi connectivity index (χ3v) is 6.31. The van der Waals surface area contributed by atoms with Crippen LogP contribution in [0.1, 0.15) is 11.3 Å². The van der Waals surface area contributed by atoms with E-state index in [1.807, 2.05) is 41.8 Å². The molecule has 9 heteroatoms. The minimum atomic E-state index is -0.342. The third kappa shape index (κ3) is 6.35. The van der Waals surface area contributed by atoms with E-state index < -0.39 is 0 Å². The molecule has 0 aliphatic carbocycles. The topological polar surface area (TPSA) is 83.1 Å². The van der Waals surface area contributed by atoms with Crippen LogP contribution in [0, 0.1) is 0 Å². The molecule has 0 radical (unpaired) electrons. The number of carbonyl (C=O) groups is 2. The van der Waals surface area contributed by atoms with Crippen LogP contribution in [0.3, 0.4) is 0 Å². The van der Waals surface area contributed by atoms with Crippen molar-refractivity contribution >= 4 is 57.9 Å². The number of anilines is 2. The number of benzene rings is 3. The molecule has 0 aliphatic rings. The lowest BCUT2D eigenvalue weighted by molar-refractivity contribution is -0.120. The van der Waals surface area contributed by atoms with Gasteiger partial charge in [-0.2, -0.15) is 0 Å². The van der Waals surface area contributed by atoms with Crippen molar-refractivity contribution in [3.8, 4) is 10.6 Å². The first-order valence-electron chi connectivity index (χ1n) is 10.4. The molecule has 172 valence electrons. The summed E-state index contributed by atoms with van der Waals surface area (Å²) in [5.41, 5.74) is 3.49. The van der Waals surface area contributed by atoms with Crippen LogP contribution in [0.4, 0.5) is 16.2 Å². The van der Waals surface area contributed by atoms with Gasteiger partial charge in [0.2, 0.25) is 5.91 Å². The summed E-state index contributed by atoms with van der Waals surface area (Å²) in [6, 6.07) is 21.4. The average Bonchev–Trinajstić information content (AvgIpc) is 3.26. The maximum absolute atomic E-state index is 12.5. The normalized spacial score (nSPS) is 10.5. The summed E-state index contributed by atoms with van der Waals surface area (Å²) in [6.07, 6.45) is 0.135. The van der Waals surface area contributed by atoms with E-state index in [4.69, 9.17) is 23.2 Å². The monoisotopic (exact) mass is 510 g/mol. The van der Waals surface area contributed by atoms with Gasteiger partial charge in [-0.05, 0) is 42.0 Å². The number of carbonyl (C=O) groups excluding carboxylic acids is 2. The van der Waals surface area contributed by atoms with Gasteiger partial charge in [0.15, 0.2) is 0 Å². The molecule has 3 aromatic carbocycles. The average molecular weight is 511 g/mol. The first-order chi connectivity index (χ1) is 16.5. The predicted molar refractivity (Wildman–Crippen MR) is 139 cm³/mol. The fourth-order valence-corrected chi connectivity index (χ4v) is 4.79. The van der Waals surface area contributed by atoms with Crippen molar-refractivity contribution in [2.75, 3.05) is 10.6 Å². The summed E-state index contributed by atoms with van der Waals surface area (Å²) >= 11 is 13.9. The van der Waals surface area contributed by atoms with Crippen molar-refractivity contribution in [2.24, 2.45) is 0 Å². The van der Waals surface area contributed by atoms with Crippen LogP contribution in [0.15, 0.2) is 78.2 Å². The fourth-order valence-electron chi connectivity index (χ4n) is 3.21. The summed E-state index contributed by atoms with van der Waals surface area (Å²) < 4.78 is 0. The molecular weight excluding hydrogens is 491 g/mol. The summed E-state index contributed by atoms with van der Waals surface area (Å²) in [7, 11) is 0. The van der Waals surface area contributed by atoms with Crippen LogP contribution in [0.2, 0.25) is 10.0 Å². The Kier molecular flexibility index (Phi) is 7.80. The molecule has 3 amide bonds. The minimum absolute atomic E-state index is 0.135. The van der Waals surface area contributed by atoms with Crippen LogP contribution >= 0.6 is 34.5 Å². The highest BCUT2D eigenvalue weighted by molar-refractivity contribution is 7.13. The minimum Gasteiger partial charge on any atom is -0.352 e. The zero-order valence-corrected chi connectivity index (χ0v) is 20.2. The van der Waals surface area contributed by atoms with E-state index in [1.54, 1.807) is 36.4 Å². The Hall–Kier alpha value is -3.39. The van der Waals surface area contributed by atoms with E-state index in [2.05, 4.69) is 20.9 Å². The molecule has 0 aliphatic heterocycles. The molecule has 34 heavy (non-hydrogen) atoms. The van der Waals surface area contributed by atoms with E-state index in [0.717, 1.165) is 5.56 Å². The number of para-hydroxylation sites is 1. The highest BCUT2D eigenvalue weighted by Crippen LogP contribution is 2.36. The molecule has 1 aromatic heterocycles. The van der Waals surface area contributed by atoms with Gasteiger partial charge in [-0.1, -0.05) is 59.6 Å². The largest absolute Gasteiger partial charge is 0.352 e. The number of urea groups is 1. The maximum atomic E-state index is 12.5. The molecule has 4 rings (SSSR count). The van der Waals surface area contributed by atoms with Crippen LogP contribution in [0.25, 0.3) is 10.6 Å². The van der Waals surface area contributed by atoms with Crippen molar-refractivity contribution in [3.05, 3.63) is 99.5 Å². The van der Waals surface area contributed by atoms with Gasteiger partial charge < -0.3 is 16.0 Å². The highest BCUT2D eigenvalue weighted by Gasteiger charge is 2.14. The lowest BCUT2D eigenvalue weighted by Crippen LogP contribution is -2.25. The number of rotatable bonds is 7. The second-order valence-electron chi connectivity index (χ2n) is 7.34. The molecular formula is C25H20Cl2N4O2S. The Bertz CT molecular complexity index is 1290. The molecule has 6 nitrogen and oxygen atoms in total. The first kappa shape index (κ1) is 23.8. The number of hydrogen-bond acceptors (Lipinski definition) is 4. The van der Waals surface area contributed by atoms with Gasteiger partial charge >= 0.3 is 6.03 Å². The van der Waals surface area contributed by atoms with E-state index in [0.29, 0.717) is 44.2 Å². The smallest absolute Gasteiger partial charge is 0.323 e. The van der Waals surface area contributed by atoms with Gasteiger partial charge in [-0.25, -0.2) is 9.78 Å². The van der Waals surface area contributed by atoms with E-state index >= 15 is 0 Å². The Labute approximate surface area is 211 Å². The van der Waals surface area contributed by atoms with E-state index in [1.165, 1.54) is 11.3 Å². The molecule has 0 saturated heterocycles. The summed E-state index contributed by atoms with van der Waals surface area (Å²) in [6.45, 7) is 0.321. The molecule has 3 N–H and O–H groups in total. The molecule has 0 spiro atoms. The summed E-state index contributed by atoms with van der Waals surface area (Å²) in [5, 5.41) is 12.0. The van der Waals surface area contributed by atoms with Crippen molar-refractivity contribution in [2.45, 2.75) is 13.0 Å². The van der Waals surface area contributed by atoms with Crippen molar-refractivity contribution in [1.82, 2.24) is 10.3 Å². The summed E-state index contributed by atoms with van der Waals surface area (Å²) in [5.74, 6) is -0.165. The molecule has 0 unspecified atom stereocenters. The molecule has 1 heterocycles. The number of nitrogens with zero attached hydrogens (tertiary/aromatic N) is 1. The molecule has 0 bridgehead atoms. The van der Waals surface area contributed by atoms with Gasteiger partial charge in [-0.3, -0.25) is 4.79 Å².